The van der Waals surface area contributed by atoms with E-state index < -0.39 is 0 Å². The van der Waals surface area contributed by atoms with Gasteiger partial charge in [0.1, 0.15) is 0 Å². The Morgan fingerprint density at radius 2 is 2.00 bits per heavy atom. The number of pyridine rings is 1. The van der Waals surface area contributed by atoms with Crippen molar-refractivity contribution in [1.29, 1.82) is 0 Å². The lowest BCUT2D eigenvalue weighted by atomic mass is 9.91. The molecule has 2 aliphatic rings. The molecule has 1 aliphatic carbocycles. The summed E-state index contributed by atoms with van der Waals surface area (Å²) >= 11 is 0. The number of aliphatic imine (C=N–C) groups is 1. The van der Waals surface area contributed by atoms with Crippen molar-refractivity contribution in [2.75, 3.05) is 7.05 Å². The van der Waals surface area contributed by atoms with Crippen molar-refractivity contribution in [1.82, 2.24) is 9.88 Å². The number of hydrogen-bond donors (Lipinski definition) is 1. The number of hydrogen-bond acceptors (Lipinski definition) is 4. The fraction of sp³-hybridized carbons (Fsp3) is 0.423. The van der Waals surface area contributed by atoms with Crippen LogP contribution in [0.25, 0.3) is 5.57 Å². The molecule has 2 N–H and O–H groups in total. The van der Waals surface area contributed by atoms with Crippen LogP contribution in [0.1, 0.15) is 76.0 Å². The second-order valence-electron chi connectivity index (χ2n) is 8.77. The van der Waals surface area contributed by atoms with E-state index in [0.717, 1.165) is 48.2 Å². The highest BCUT2D eigenvalue weighted by Gasteiger charge is 2.35. The number of amides is 1. The molecular weight excluding hydrogens is 384 g/mol. The molecule has 0 radical (unpaired) electrons. The summed E-state index contributed by atoms with van der Waals surface area (Å²) in [6.45, 7) is 5.11. The first kappa shape index (κ1) is 21.3. The van der Waals surface area contributed by atoms with E-state index in [1.165, 1.54) is 47.7 Å². The summed E-state index contributed by atoms with van der Waals surface area (Å²) in [6, 6.07) is 6.59. The van der Waals surface area contributed by atoms with Gasteiger partial charge in [0.05, 0.1) is 5.69 Å². The third-order valence-electron chi connectivity index (χ3n) is 6.94. The van der Waals surface area contributed by atoms with Gasteiger partial charge in [0.2, 0.25) is 0 Å². The number of nitrogens with zero attached hydrogens (tertiary/aromatic N) is 3. The monoisotopic (exact) mass is 416 g/mol. The van der Waals surface area contributed by atoms with Gasteiger partial charge < -0.3 is 10.6 Å². The van der Waals surface area contributed by atoms with Crippen molar-refractivity contribution in [3.63, 3.8) is 0 Å². The molecule has 2 heterocycles. The summed E-state index contributed by atoms with van der Waals surface area (Å²) in [5.41, 5.74) is 14.3. The first-order valence-electron chi connectivity index (χ1n) is 11.3. The largest absolute Gasteiger partial charge is 0.404 e. The van der Waals surface area contributed by atoms with Crippen molar-refractivity contribution in [2.45, 2.75) is 65.0 Å². The zero-order chi connectivity index (χ0) is 22.0. The quantitative estimate of drug-likeness (QED) is 0.725. The molecule has 0 atom stereocenters. The summed E-state index contributed by atoms with van der Waals surface area (Å²) in [7, 11) is 1.72. The van der Waals surface area contributed by atoms with Crippen LogP contribution in [0.4, 0.5) is 0 Å². The Balaban J connectivity index is 1.58. The molecule has 31 heavy (non-hydrogen) atoms. The molecule has 0 saturated heterocycles. The van der Waals surface area contributed by atoms with Crippen LogP contribution in [0, 0.1) is 13.8 Å². The molecule has 5 heteroatoms. The molecular formula is C26H32N4O. The summed E-state index contributed by atoms with van der Waals surface area (Å²) in [5, 5.41) is 0. The summed E-state index contributed by atoms with van der Waals surface area (Å²) < 4.78 is 0. The molecule has 1 saturated carbocycles. The number of benzene rings is 1. The molecule has 5 nitrogen and oxygen atoms in total. The van der Waals surface area contributed by atoms with Crippen molar-refractivity contribution < 1.29 is 4.79 Å². The van der Waals surface area contributed by atoms with E-state index in [-0.39, 0.29) is 5.91 Å². The molecule has 162 valence electrons. The lowest BCUT2D eigenvalue weighted by Gasteiger charge is -2.30. The van der Waals surface area contributed by atoms with Crippen LogP contribution in [0.3, 0.4) is 0 Å². The highest BCUT2D eigenvalue weighted by Crippen LogP contribution is 2.35. The molecule has 4 rings (SSSR count). The molecule has 2 aromatic rings. The minimum Gasteiger partial charge on any atom is -0.404 e. The third kappa shape index (κ3) is 4.14. The standard InChI is InChI=1S/C26H32N4O/c1-17-18(2)24-16-30(22-7-5-4-6-8-22)26(31)23(24)12-20(17)11-19-9-10-25(29-14-19)21(13-27)15-28-3/h9-10,12-15,22H,4-8,11,16,27H2,1-3H3. The van der Waals surface area contributed by atoms with Crippen LogP contribution >= 0.6 is 0 Å². The maximum Gasteiger partial charge on any atom is 0.254 e. The SMILES string of the molecule is CN=CC(=CN)c1ccc(Cc2cc3c(c(C)c2C)CN(C2CCCCC2)C3=O)cn1. The number of nitrogens with two attached hydrogens (primary N) is 1. The Kier molecular flexibility index (Phi) is 6.21. The van der Waals surface area contributed by atoms with Crippen molar-refractivity contribution in [3.8, 4) is 0 Å². The minimum atomic E-state index is 0.219. The van der Waals surface area contributed by atoms with Gasteiger partial charge in [-0.15, -0.1) is 0 Å². The van der Waals surface area contributed by atoms with Crippen LogP contribution in [0.5, 0.6) is 0 Å². The molecule has 1 amide bonds. The van der Waals surface area contributed by atoms with Gasteiger partial charge in [-0.3, -0.25) is 14.8 Å². The molecule has 1 aromatic carbocycles. The number of rotatable bonds is 5. The maximum atomic E-state index is 13.3. The Labute approximate surface area is 185 Å². The number of allylic oxidation sites excluding steroid dienone is 1. The summed E-state index contributed by atoms with van der Waals surface area (Å²) in [6.07, 6.45) is 11.9. The fourth-order valence-electron chi connectivity index (χ4n) is 4.95. The Hall–Kier alpha value is -2.95. The zero-order valence-electron chi connectivity index (χ0n) is 18.8. The topological polar surface area (TPSA) is 71.6 Å². The van der Waals surface area contributed by atoms with Gasteiger partial charge in [0.25, 0.3) is 5.91 Å². The molecule has 0 unspecified atom stereocenters. The fourth-order valence-corrected chi connectivity index (χ4v) is 4.95. The lowest BCUT2D eigenvalue weighted by Crippen LogP contribution is -2.36. The molecule has 1 fully saturated rings. The van der Waals surface area contributed by atoms with Gasteiger partial charge in [-0.2, -0.15) is 0 Å². The van der Waals surface area contributed by atoms with Crippen molar-refractivity contribution in [3.05, 3.63) is 69.7 Å². The van der Waals surface area contributed by atoms with E-state index in [9.17, 15) is 4.79 Å². The number of aromatic nitrogens is 1. The van der Waals surface area contributed by atoms with E-state index in [0.29, 0.717) is 6.04 Å². The number of carbonyl (C=O) groups is 1. The minimum absolute atomic E-state index is 0.219. The summed E-state index contributed by atoms with van der Waals surface area (Å²) in [4.78, 5) is 24.0. The van der Waals surface area contributed by atoms with Gasteiger partial charge in [-0.25, -0.2) is 0 Å². The molecule has 1 aliphatic heterocycles. The van der Waals surface area contributed by atoms with E-state index in [1.807, 2.05) is 12.3 Å². The normalized spacial score (nSPS) is 17.6. The lowest BCUT2D eigenvalue weighted by molar-refractivity contribution is 0.0660. The first-order valence-corrected chi connectivity index (χ1v) is 11.3. The van der Waals surface area contributed by atoms with Crippen molar-refractivity contribution in [2.24, 2.45) is 10.7 Å². The second kappa shape index (κ2) is 9.04. The number of fused-ring (bicyclic) bond motifs is 1. The van der Waals surface area contributed by atoms with E-state index in [1.54, 1.807) is 13.3 Å². The van der Waals surface area contributed by atoms with Crippen LogP contribution in [-0.4, -0.2) is 35.1 Å². The van der Waals surface area contributed by atoms with E-state index in [4.69, 9.17) is 5.73 Å². The zero-order valence-corrected chi connectivity index (χ0v) is 18.8. The highest BCUT2D eigenvalue weighted by atomic mass is 16.2. The maximum absolute atomic E-state index is 13.3. The Bertz CT molecular complexity index is 1030. The predicted octanol–water partition coefficient (Wildman–Crippen LogP) is 4.58. The Morgan fingerprint density at radius 1 is 1.23 bits per heavy atom. The number of carbonyl (C=O) groups excluding carboxylic acids is 1. The van der Waals surface area contributed by atoms with Gasteiger partial charge in [-0.1, -0.05) is 25.3 Å². The first-order chi connectivity index (χ1) is 15.0. The summed E-state index contributed by atoms with van der Waals surface area (Å²) in [5.74, 6) is 0.219. The third-order valence-corrected chi connectivity index (χ3v) is 6.94. The van der Waals surface area contributed by atoms with Crippen LogP contribution in [0.2, 0.25) is 0 Å². The van der Waals surface area contributed by atoms with E-state index in [2.05, 4.69) is 40.9 Å². The van der Waals surface area contributed by atoms with Crippen LogP contribution in [0.15, 0.2) is 35.6 Å². The highest BCUT2D eigenvalue weighted by molar-refractivity contribution is 6.08. The van der Waals surface area contributed by atoms with E-state index >= 15 is 0 Å². The second-order valence-corrected chi connectivity index (χ2v) is 8.77. The van der Waals surface area contributed by atoms with Gasteiger partial charge in [0, 0.05) is 49.4 Å². The predicted molar refractivity (Wildman–Crippen MR) is 126 cm³/mol. The van der Waals surface area contributed by atoms with Crippen LogP contribution < -0.4 is 5.73 Å². The molecule has 0 bridgehead atoms. The smallest absolute Gasteiger partial charge is 0.254 e. The molecule has 1 aromatic heterocycles. The Morgan fingerprint density at radius 3 is 2.65 bits per heavy atom. The van der Waals surface area contributed by atoms with Gasteiger partial charge >= 0.3 is 0 Å². The average molecular weight is 417 g/mol. The van der Waals surface area contributed by atoms with Gasteiger partial charge in [-0.05, 0) is 73.1 Å². The van der Waals surface area contributed by atoms with Gasteiger partial charge in [0.15, 0.2) is 0 Å². The van der Waals surface area contributed by atoms with Crippen molar-refractivity contribution >= 4 is 17.7 Å². The van der Waals surface area contributed by atoms with Crippen LogP contribution in [-0.2, 0) is 13.0 Å². The molecule has 0 spiro atoms. The average Bonchev–Trinajstić information content (AvgIpc) is 3.13.